The maximum Gasteiger partial charge on any atom is 0.306 e. The van der Waals surface area contributed by atoms with Gasteiger partial charge >= 0.3 is 17.9 Å². The van der Waals surface area contributed by atoms with Gasteiger partial charge in [0.05, 0.1) is 12.8 Å². The molecule has 3 unspecified atom stereocenters. The lowest BCUT2D eigenvalue weighted by atomic mass is 9.44. The third-order valence-electron chi connectivity index (χ3n) is 11.0. The molecule has 0 spiro atoms. The largest absolute Gasteiger partial charge is 0.481 e. The van der Waals surface area contributed by atoms with Crippen LogP contribution in [0.25, 0.3) is 0 Å². The van der Waals surface area contributed by atoms with Crippen molar-refractivity contribution in [2.45, 2.75) is 110 Å². The summed E-state index contributed by atoms with van der Waals surface area (Å²) in [6, 6.07) is 0. The van der Waals surface area contributed by atoms with Crippen molar-refractivity contribution >= 4 is 17.9 Å². The van der Waals surface area contributed by atoms with Crippen LogP contribution in [0.5, 0.6) is 0 Å². The molecule has 4 aliphatic carbocycles. The summed E-state index contributed by atoms with van der Waals surface area (Å²) in [5, 5.41) is 18.0. The van der Waals surface area contributed by atoms with Gasteiger partial charge < -0.3 is 14.9 Å². The van der Waals surface area contributed by atoms with Crippen molar-refractivity contribution < 1.29 is 29.3 Å². The second-order valence-electron chi connectivity index (χ2n) is 12.6. The smallest absolute Gasteiger partial charge is 0.306 e. The summed E-state index contributed by atoms with van der Waals surface area (Å²) in [7, 11) is 0. The van der Waals surface area contributed by atoms with Crippen LogP contribution in [0, 0.1) is 46.3 Å². The maximum absolute atomic E-state index is 12.1. The zero-order valence-corrected chi connectivity index (χ0v) is 21.3. The molecular formula is C28H44O6. The summed E-state index contributed by atoms with van der Waals surface area (Å²) in [6.45, 7) is 7.30. The van der Waals surface area contributed by atoms with Crippen molar-refractivity contribution in [1.29, 1.82) is 0 Å². The van der Waals surface area contributed by atoms with E-state index in [4.69, 9.17) is 14.9 Å². The molecule has 0 aromatic carbocycles. The summed E-state index contributed by atoms with van der Waals surface area (Å²) < 4.78 is 5.69. The summed E-state index contributed by atoms with van der Waals surface area (Å²) in [5.41, 5.74) is 0.653. The fraction of sp³-hybridized carbons (Fsp3) is 0.893. The number of carbonyl (C=O) groups is 3. The van der Waals surface area contributed by atoms with Gasteiger partial charge in [0.25, 0.3) is 0 Å². The van der Waals surface area contributed by atoms with E-state index in [9.17, 15) is 14.4 Å². The van der Waals surface area contributed by atoms with E-state index in [1.807, 2.05) is 0 Å². The van der Waals surface area contributed by atoms with Gasteiger partial charge in [-0.15, -0.1) is 0 Å². The Kier molecular flexibility index (Phi) is 7.36. The van der Waals surface area contributed by atoms with Crippen LogP contribution in [0.1, 0.15) is 104 Å². The number of esters is 1. The molecule has 4 fully saturated rings. The van der Waals surface area contributed by atoms with Crippen molar-refractivity contribution in [3.8, 4) is 0 Å². The molecule has 0 aliphatic heterocycles. The third kappa shape index (κ3) is 4.75. The molecular weight excluding hydrogens is 432 g/mol. The minimum atomic E-state index is -0.957. The predicted molar refractivity (Wildman–Crippen MR) is 128 cm³/mol. The molecule has 4 rings (SSSR count). The number of carboxylic acids is 2. The molecule has 0 bridgehead atoms. The fourth-order valence-corrected chi connectivity index (χ4v) is 9.31. The third-order valence-corrected chi connectivity index (χ3v) is 11.0. The first kappa shape index (κ1) is 25.5. The van der Waals surface area contributed by atoms with E-state index in [2.05, 4.69) is 20.8 Å². The summed E-state index contributed by atoms with van der Waals surface area (Å²) in [4.78, 5) is 34.0. The van der Waals surface area contributed by atoms with E-state index in [0.717, 1.165) is 43.4 Å². The first-order valence-electron chi connectivity index (χ1n) is 13.7. The fourth-order valence-electron chi connectivity index (χ4n) is 9.31. The minimum Gasteiger partial charge on any atom is -0.481 e. The number of hydrogen-bond acceptors (Lipinski definition) is 4. The molecule has 6 heteroatoms. The Labute approximate surface area is 204 Å². The van der Waals surface area contributed by atoms with Crippen LogP contribution in [-0.2, 0) is 19.1 Å². The van der Waals surface area contributed by atoms with Crippen LogP contribution in [-0.4, -0.2) is 34.2 Å². The molecule has 9 atom stereocenters. The lowest BCUT2D eigenvalue weighted by Crippen LogP contribution is -2.54. The van der Waals surface area contributed by atoms with E-state index in [1.54, 1.807) is 0 Å². The van der Waals surface area contributed by atoms with Gasteiger partial charge in [-0.1, -0.05) is 20.8 Å². The summed E-state index contributed by atoms with van der Waals surface area (Å²) >= 11 is 0. The topological polar surface area (TPSA) is 101 Å². The Morgan fingerprint density at radius 3 is 2.24 bits per heavy atom. The standard InChI is InChI=1S/C28H44O6/c1-17(4-9-24(29)30)21-7-8-22-20-6-5-18-16-19(34-26(33)11-10-25(31)32)12-14-27(18,2)23(20)13-15-28(21,22)3/h17-23H,4-16H2,1-3H3,(H,29,30)(H,31,32)/t17-,18-,19-,20?,21?,22+,23?,27+,28-/m1/s1. The van der Waals surface area contributed by atoms with E-state index < -0.39 is 11.9 Å². The van der Waals surface area contributed by atoms with Gasteiger partial charge in [-0.3, -0.25) is 14.4 Å². The second-order valence-corrected chi connectivity index (χ2v) is 12.6. The first-order valence-corrected chi connectivity index (χ1v) is 13.7. The Morgan fingerprint density at radius 2 is 1.53 bits per heavy atom. The Balaban J connectivity index is 1.39. The molecule has 192 valence electrons. The second kappa shape index (κ2) is 9.81. The highest BCUT2D eigenvalue weighted by molar-refractivity contribution is 5.76. The first-order chi connectivity index (χ1) is 16.0. The number of rotatable bonds is 8. The zero-order chi connectivity index (χ0) is 24.7. The Bertz CT molecular complexity index is 794. The average molecular weight is 477 g/mol. The average Bonchev–Trinajstić information content (AvgIpc) is 3.13. The van der Waals surface area contributed by atoms with Crippen LogP contribution in [0.3, 0.4) is 0 Å². The molecule has 0 saturated heterocycles. The number of hydrogen-bond donors (Lipinski definition) is 2. The van der Waals surface area contributed by atoms with Crippen LogP contribution < -0.4 is 0 Å². The highest BCUT2D eigenvalue weighted by Crippen LogP contribution is 2.68. The maximum atomic E-state index is 12.1. The van der Waals surface area contributed by atoms with Gasteiger partial charge in [-0.25, -0.2) is 0 Å². The Hall–Kier alpha value is -1.59. The van der Waals surface area contributed by atoms with Gasteiger partial charge in [0, 0.05) is 6.42 Å². The van der Waals surface area contributed by atoms with Crippen LogP contribution in [0.15, 0.2) is 0 Å². The molecule has 0 amide bonds. The molecule has 2 N–H and O–H groups in total. The number of carbonyl (C=O) groups excluding carboxylic acids is 1. The van der Waals surface area contributed by atoms with Crippen LogP contribution in [0.2, 0.25) is 0 Å². The van der Waals surface area contributed by atoms with Crippen molar-refractivity contribution in [2.75, 3.05) is 0 Å². The molecule has 4 aliphatic rings. The van der Waals surface area contributed by atoms with Gasteiger partial charge in [0.2, 0.25) is 0 Å². The number of aliphatic carboxylic acids is 2. The molecule has 34 heavy (non-hydrogen) atoms. The SMILES string of the molecule is C[C@H](CCC(=O)O)C1CC[C@H]2C3CC[C@@H]4C[C@H](OC(=O)CCC(=O)O)CC[C@]4(C)C3CC[C@]12C. The van der Waals surface area contributed by atoms with Gasteiger partial charge in [0.15, 0.2) is 0 Å². The van der Waals surface area contributed by atoms with Crippen molar-refractivity contribution in [2.24, 2.45) is 46.3 Å². The molecule has 0 radical (unpaired) electrons. The highest BCUT2D eigenvalue weighted by Gasteiger charge is 2.60. The van der Waals surface area contributed by atoms with Gasteiger partial charge in [-0.05, 0) is 111 Å². The zero-order valence-electron chi connectivity index (χ0n) is 21.3. The predicted octanol–water partition coefficient (Wildman–Crippen LogP) is 5.92. The molecule has 0 heterocycles. The lowest BCUT2D eigenvalue weighted by Gasteiger charge is -2.61. The molecule has 4 saturated carbocycles. The van der Waals surface area contributed by atoms with Crippen LogP contribution in [0.4, 0.5) is 0 Å². The minimum absolute atomic E-state index is 0.0369. The number of ether oxygens (including phenoxy) is 1. The van der Waals surface area contributed by atoms with Gasteiger partial charge in [-0.2, -0.15) is 0 Å². The van der Waals surface area contributed by atoms with E-state index in [0.29, 0.717) is 28.6 Å². The van der Waals surface area contributed by atoms with Crippen molar-refractivity contribution in [3.05, 3.63) is 0 Å². The Morgan fingerprint density at radius 1 is 0.853 bits per heavy atom. The highest BCUT2D eigenvalue weighted by atomic mass is 16.5. The van der Waals surface area contributed by atoms with Crippen LogP contribution >= 0.6 is 0 Å². The summed E-state index contributed by atoms with van der Waals surface area (Å²) in [5.74, 6) is 1.96. The number of fused-ring (bicyclic) bond motifs is 5. The summed E-state index contributed by atoms with van der Waals surface area (Å²) in [6.07, 6.45) is 11.3. The monoisotopic (exact) mass is 476 g/mol. The normalized spacial score (nSPS) is 42.1. The van der Waals surface area contributed by atoms with E-state index >= 15 is 0 Å². The van der Waals surface area contributed by atoms with Gasteiger partial charge in [0.1, 0.15) is 6.10 Å². The van der Waals surface area contributed by atoms with Crippen molar-refractivity contribution in [1.82, 2.24) is 0 Å². The van der Waals surface area contributed by atoms with Crippen molar-refractivity contribution in [3.63, 3.8) is 0 Å². The molecule has 0 aromatic rings. The number of carboxylic acid groups (broad SMARTS) is 2. The van der Waals surface area contributed by atoms with E-state index in [1.165, 1.54) is 38.5 Å². The quantitative estimate of drug-likeness (QED) is 0.422. The molecule has 0 aromatic heterocycles. The molecule has 6 nitrogen and oxygen atoms in total. The van der Waals surface area contributed by atoms with E-state index in [-0.39, 0.29) is 31.3 Å². The lowest BCUT2D eigenvalue weighted by molar-refractivity contribution is -0.164.